The molecule has 4 atom stereocenters. The minimum absolute atomic E-state index is 0.101. The molecule has 12 nitrogen and oxygen atoms in total. The highest BCUT2D eigenvalue weighted by Crippen LogP contribution is 2.32. The molecule has 4 aromatic rings. The number of esters is 2. The fourth-order valence-electron chi connectivity index (χ4n) is 6.33. The molecule has 14 heteroatoms. The molecule has 0 aliphatic heterocycles. The second-order valence-corrected chi connectivity index (χ2v) is 14.2. The van der Waals surface area contributed by atoms with Gasteiger partial charge in [-0.1, -0.05) is 108 Å². The van der Waals surface area contributed by atoms with Gasteiger partial charge in [0.05, 0.1) is 0 Å². The maximum atomic E-state index is 14.0. The van der Waals surface area contributed by atoms with Crippen molar-refractivity contribution in [1.29, 1.82) is 0 Å². The molecular weight excluding hydrogens is 759 g/mol. The van der Waals surface area contributed by atoms with Crippen LogP contribution in [0.3, 0.4) is 0 Å². The summed E-state index contributed by atoms with van der Waals surface area (Å²) in [6.45, 7) is 0.274. The molecule has 2 amide bonds. The Balaban J connectivity index is 1.55. The number of methoxy groups -OCH3 is 2. The SMILES string of the molecule is CO[C@](OC(=O)C(=O)O[C@@](OC)(C(=O)NCCC(c1ccc(Cl)cc1)N(C)C)c1ccccc1)(C(=O)NCCC(c1ccc(Cl)cc1)N(C)C)c1ccccc1. The molecule has 0 spiro atoms. The Morgan fingerprint density at radius 1 is 0.554 bits per heavy atom. The van der Waals surface area contributed by atoms with E-state index in [1.54, 1.807) is 60.7 Å². The zero-order valence-electron chi connectivity index (χ0n) is 32.3. The average molecular weight is 808 g/mol. The largest absolute Gasteiger partial charge is 0.420 e. The lowest BCUT2D eigenvalue weighted by molar-refractivity contribution is -0.243. The Labute approximate surface area is 337 Å². The Hall–Kier alpha value is -4.82. The third-order valence-corrected chi connectivity index (χ3v) is 9.79. The zero-order valence-corrected chi connectivity index (χ0v) is 33.8. The molecule has 298 valence electrons. The molecule has 2 N–H and O–H groups in total. The van der Waals surface area contributed by atoms with E-state index in [0.29, 0.717) is 22.9 Å². The quantitative estimate of drug-likeness (QED) is 0.0701. The number of ether oxygens (including phenoxy) is 4. The van der Waals surface area contributed by atoms with Gasteiger partial charge >= 0.3 is 23.5 Å². The van der Waals surface area contributed by atoms with Gasteiger partial charge in [-0.15, -0.1) is 0 Å². The number of nitrogens with one attached hydrogen (secondary N) is 2. The molecule has 56 heavy (non-hydrogen) atoms. The van der Waals surface area contributed by atoms with Gasteiger partial charge in [-0.25, -0.2) is 9.59 Å². The van der Waals surface area contributed by atoms with E-state index in [9.17, 15) is 19.2 Å². The van der Waals surface area contributed by atoms with Gasteiger partial charge < -0.3 is 39.4 Å². The highest BCUT2D eigenvalue weighted by molar-refractivity contribution is 6.31. The number of hydrogen-bond acceptors (Lipinski definition) is 10. The second-order valence-electron chi connectivity index (χ2n) is 13.3. The van der Waals surface area contributed by atoms with Crippen molar-refractivity contribution in [2.75, 3.05) is 55.5 Å². The van der Waals surface area contributed by atoms with Crippen LogP contribution in [0.25, 0.3) is 0 Å². The van der Waals surface area contributed by atoms with Crippen LogP contribution in [-0.4, -0.2) is 89.1 Å². The van der Waals surface area contributed by atoms with E-state index < -0.39 is 35.3 Å². The molecule has 0 radical (unpaired) electrons. The predicted molar refractivity (Wildman–Crippen MR) is 213 cm³/mol. The lowest BCUT2D eigenvalue weighted by Crippen LogP contribution is -2.53. The molecule has 0 heterocycles. The molecule has 0 aliphatic carbocycles. The van der Waals surface area contributed by atoms with Crippen molar-refractivity contribution in [1.82, 2.24) is 20.4 Å². The first-order valence-electron chi connectivity index (χ1n) is 17.9. The average Bonchev–Trinajstić information content (AvgIpc) is 3.20. The Morgan fingerprint density at radius 3 is 1.16 bits per heavy atom. The van der Waals surface area contributed by atoms with Crippen LogP contribution in [0.15, 0.2) is 109 Å². The molecule has 4 rings (SSSR count). The number of nitrogens with zero attached hydrogens (tertiary/aromatic N) is 2. The Morgan fingerprint density at radius 2 is 0.875 bits per heavy atom. The predicted octanol–water partition coefficient (Wildman–Crippen LogP) is 6.00. The van der Waals surface area contributed by atoms with E-state index >= 15 is 0 Å². The summed E-state index contributed by atoms with van der Waals surface area (Å²) in [6.07, 6.45) is 0.922. The number of amides is 2. The van der Waals surface area contributed by atoms with E-state index in [1.807, 2.05) is 62.3 Å². The highest BCUT2D eigenvalue weighted by Gasteiger charge is 2.50. The molecule has 0 aromatic heterocycles. The normalized spacial score (nSPS) is 14.5. The van der Waals surface area contributed by atoms with Crippen LogP contribution in [0.2, 0.25) is 10.0 Å². The van der Waals surface area contributed by atoms with Gasteiger partial charge in [0.25, 0.3) is 11.8 Å². The van der Waals surface area contributed by atoms with Gasteiger partial charge in [0.1, 0.15) is 0 Å². The van der Waals surface area contributed by atoms with Gasteiger partial charge in [0, 0.05) is 60.6 Å². The number of carbonyl (C=O) groups is 4. The monoisotopic (exact) mass is 806 g/mol. The van der Waals surface area contributed by atoms with Gasteiger partial charge in [0.15, 0.2) is 0 Å². The number of hydrogen-bond donors (Lipinski definition) is 2. The number of halogens is 2. The van der Waals surface area contributed by atoms with Crippen LogP contribution in [0.5, 0.6) is 0 Å². The summed E-state index contributed by atoms with van der Waals surface area (Å²) >= 11 is 12.2. The lowest BCUT2D eigenvalue weighted by Gasteiger charge is -2.33. The first kappa shape index (κ1) is 43.9. The summed E-state index contributed by atoms with van der Waals surface area (Å²) in [5, 5.41) is 6.79. The van der Waals surface area contributed by atoms with E-state index in [4.69, 9.17) is 42.1 Å². The first-order chi connectivity index (χ1) is 26.8. The molecule has 0 fully saturated rings. The van der Waals surface area contributed by atoms with Crippen molar-refractivity contribution in [3.8, 4) is 0 Å². The van der Waals surface area contributed by atoms with Gasteiger partial charge in [-0.2, -0.15) is 0 Å². The molecule has 0 saturated heterocycles. The molecule has 0 saturated carbocycles. The maximum absolute atomic E-state index is 14.0. The summed E-state index contributed by atoms with van der Waals surface area (Å²) in [4.78, 5) is 59.4. The second kappa shape index (κ2) is 20.4. The number of rotatable bonds is 18. The third kappa shape index (κ3) is 10.7. The van der Waals surface area contributed by atoms with Crippen LogP contribution >= 0.6 is 23.2 Å². The van der Waals surface area contributed by atoms with Crippen LogP contribution in [0.1, 0.15) is 47.2 Å². The summed E-state index contributed by atoms with van der Waals surface area (Å²) in [5.74, 6) is -9.76. The van der Waals surface area contributed by atoms with Gasteiger partial charge in [-0.05, 0) is 76.4 Å². The Bertz CT molecular complexity index is 1760. The van der Waals surface area contributed by atoms with Crippen LogP contribution in [0, 0.1) is 0 Å². The fourth-order valence-corrected chi connectivity index (χ4v) is 6.58. The van der Waals surface area contributed by atoms with Crippen LogP contribution in [-0.2, 0) is 49.7 Å². The first-order valence-corrected chi connectivity index (χ1v) is 18.6. The Kier molecular flexibility index (Phi) is 16.0. The zero-order chi connectivity index (χ0) is 40.9. The standard InChI is InChI=1S/C42H48Cl2N4O8/c1-47(2)35(29-17-21-33(43)22-18-29)25-27-45-39(51)41(53-5,31-13-9-7-10-14-31)55-37(49)38(50)56-42(54-6,32-15-11-8-12-16-32)40(52)46-28-26-36(48(3)4)30-19-23-34(44)24-20-30/h7-24,35-36H,25-28H2,1-6H3,(H,45,51)(H,46,52)/t35?,36?,41-,42-/m1/s1. The summed E-state index contributed by atoms with van der Waals surface area (Å²) < 4.78 is 22.5. The molecule has 0 aliphatic rings. The number of carbonyl (C=O) groups excluding carboxylic acids is 4. The fraction of sp³-hybridized carbons (Fsp3) is 0.333. The van der Waals surface area contributed by atoms with E-state index in [0.717, 1.165) is 11.1 Å². The van der Waals surface area contributed by atoms with E-state index in [1.165, 1.54) is 38.5 Å². The maximum Gasteiger partial charge on any atom is 0.420 e. The van der Waals surface area contributed by atoms with Crippen molar-refractivity contribution >= 4 is 47.0 Å². The van der Waals surface area contributed by atoms with Crippen molar-refractivity contribution in [2.45, 2.75) is 36.5 Å². The molecular formula is C42H48Cl2N4O8. The van der Waals surface area contributed by atoms with E-state index in [-0.39, 0.29) is 36.3 Å². The van der Waals surface area contributed by atoms with Crippen LogP contribution in [0.4, 0.5) is 0 Å². The third-order valence-electron chi connectivity index (χ3n) is 9.28. The summed E-state index contributed by atoms with van der Waals surface area (Å²) in [5.41, 5.74) is 2.20. The van der Waals surface area contributed by atoms with Crippen LogP contribution < -0.4 is 10.6 Å². The lowest BCUT2D eigenvalue weighted by atomic mass is 10.0. The molecule has 2 unspecified atom stereocenters. The highest BCUT2D eigenvalue weighted by atomic mass is 35.5. The minimum Gasteiger partial charge on any atom is -0.410 e. The summed E-state index contributed by atoms with van der Waals surface area (Å²) in [6, 6.07) is 30.5. The van der Waals surface area contributed by atoms with E-state index in [2.05, 4.69) is 10.6 Å². The molecule has 0 bridgehead atoms. The number of benzene rings is 4. The van der Waals surface area contributed by atoms with Crippen molar-refractivity contribution in [3.05, 3.63) is 141 Å². The summed E-state index contributed by atoms with van der Waals surface area (Å²) in [7, 11) is 9.99. The van der Waals surface area contributed by atoms with Crippen molar-refractivity contribution < 1.29 is 38.1 Å². The van der Waals surface area contributed by atoms with Crippen molar-refractivity contribution in [2.24, 2.45) is 0 Å². The molecule has 4 aromatic carbocycles. The van der Waals surface area contributed by atoms with Gasteiger partial charge in [-0.3, -0.25) is 9.59 Å². The van der Waals surface area contributed by atoms with Crippen molar-refractivity contribution in [3.63, 3.8) is 0 Å². The van der Waals surface area contributed by atoms with Gasteiger partial charge in [0.2, 0.25) is 0 Å². The minimum atomic E-state index is -2.42. The smallest absolute Gasteiger partial charge is 0.410 e. The topological polar surface area (TPSA) is 136 Å².